The van der Waals surface area contributed by atoms with Gasteiger partial charge in [-0.3, -0.25) is 4.68 Å². The molecule has 2 aromatic rings. The fraction of sp³-hybridized carbons (Fsp3) is 0.667. The number of fused-ring (bicyclic) bond motifs is 2. The Morgan fingerprint density at radius 1 is 1.28 bits per heavy atom. The molecule has 0 saturated heterocycles. The first-order chi connectivity index (χ1) is 13.6. The van der Waals surface area contributed by atoms with Crippen LogP contribution in [-0.4, -0.2) is 37.9 Å². The topological polar surface area (TPSA) is 72.1 Å². The highest BCUT2D eigenvalue weighted by molar-refractivity contribution is 14.0. The zero-order chi connectivity index (χ0) is 19.5. The van der Waals surface area contributed by atoms with E-state index in [2.05, 4.69) is 53.0 Å². The molecule has 29 heavy (non-hydrogen) atoms. The molecular formula is C21H34IN7. The van der Waals surface area contributed by atoms with Gasteiger partial charge in [-0.2, -0.15) is 5.10 Å². The Labute approximate surface area is 190 Å². The molecule has 0 spiro atoms. The minimum absolute atomic E-state index is 0. The molecule has 1 unspecified atom stereocenters. The van der Waals surface area contributed by atoms with Crippen molar-refractivity contribution in [2.75, 3.05) is 6.54 Å². The number of aliphatic imine (C=N–C) groups is 1. The summed E-state index contributed by atoms with van der Waals surface area (Å²) in [5, 5.41) is 11.8. The summed E-state index contributed by atoms with van der Waals surface area (Å²) >= 11 is 0. The summed E-state index contributed by atoms with van der Waals surface area (Å²) < 4.78 is 4.38. The lowest BCUT2D eigenvalue weighted by atomic mass is 9.94. The Hall–Kier alpha value is -1.58. The van der Waals surface area contributed by atoms with E-state index in [1.807, 2.05) is 0 Å². The van der Waals surface area contributed by atoms with Crippen molar-refractivity contribution >= 4 is 29.9 Å². The van der Waals surface area contributed by atoms with Crippen molar-refractivity contribution in [3.8, 4) is 0 Å². The van der Waals surface area contributed by atoms with E-state index in [-0.39, 0.29) is 24.0 Å². The van der Waals surface area contributed by atoms with Gasteiger partial charge in [-0.15, -0.1) is 24.0 Å². The zero-order valence-electron chi connectivity index (χ0n) is 17.8. The normalized spacial score (nSPS) is 18.8. The minimum atomic E-state index is 0. The van der Waals surface area contributed by atoms with E-state index in [1.165, 1.54) is 29.9 Å². The van der Waals surface area contributed by atoms with Gasteiger partial charge in [0.15, 0.2) is 5.96 Å². The number of nitrogens with zero attached hydrogens (tertiary/aromatic N) is 5. The summed E-state index contributed by atoms with van der Waals surface area (Å²) in [6.07, 6.45) is 11.1. The molecule has 1 aliphatic carbocycles. The maximum absolute atomic E-state index is 4.80. The summed E-state index contributed by atoms with van der Waals surface area (Å²) in [6, 6.07) is 0.785. The Morgan fingerprint density at radius 3 is 2.90 bits per heavy atom. The van der Waals surface area contributed by atoms with Gasteiger partial charge >= 0.3 is 0 Å². The zero-order valence-corrected chi connectivity index (χ0v) is 20.1. The van der Waals surface area contributed by atoms with Gasteiger partial charge in [0.1, 0.15) is 5.82 Å². The molecule has 4 rings (SSSR count). The molecular weight excluding hydrogens is 477 g/mol. The van der Waals surface area contributed by atoms with Crippen LogP contribution in [0.1, 0.15) is 68.9 Å². The predicted molar refractivity (Wildman–Crippen MR) is 127 cm³/mol. The minimum Gasteiger partial charge on any atom is -0.357 e. The van der Waals surface area contributed by atoms with Gasteiger partial charge in [0.25, 0.3) is 0 Å². The number of halogens is 1. The van der Waals surface area contributed by atoms with E-state index >= 15 is 0 Å². The molecule has 2 aliphatic rings. The van der Waals surface area contributed by atoms with Gasteiger partial charge in [-0.25, -0.2) is 9.98 Å². The highest BCUT2D eigenvalue weighted by Crippen LogP contribution is 2.22. The quantitative estimate of drug-likeness (QED) is 0.368. The average Bonchev–Trinajstić information content (AvgIpc) is 3.29. The molecule has 2 aromatic heterocycles. The third kappa shape index (κ3) is 5.32. The molecule has 0 radical (unpaired) electrons. The van der Waals surface area contributed by atoms with Crippen LogP contribution in [0.3, 0.4) is 0 Å². The van der Waals surface area contributed by atoms with Crippen LogP contribution in [0.4, 0.5) is 0 Å². The molecule has 160 valence electrons. The molecule has 0 saturated carbocycles. The van der Waals surface area contributed by atoms with Gasteiger partial charge in [-0.05, 0) is 52.0 Å². The van der Waals surface area contributed by atoms with Crippen molar-refractivity contribution in [3.05, 3.63) is 35.2 Å². The van der Waals surface area contributed by atoms with Crippen LogP contribution >= 0.6 is 24.0 Å². The second-order valence-corrected chi connectivity index (χ2v) is 8.25. The van der Waals surface area contributed by atoms with Crippen molar-refractivity contribution in [3.63, 3.8) is 0 Å². The SMILES string of the molecule is CCNC(=NCc1cn2c(n1)CCCC2)NC1CCc2cn(C(C)C)nc2C1.I. The fourth-order valence-corrected chi connectivity index (χ4v) is 4.12. The number of nitrogens with one attached hydrogen (secondary N) is 2. The van der Waals surface area contributed by atoms with Crippen LogP contribution in [0.15, 0.2) is 17.4 Å². The van der Waals surface area contributed by atoms with Gasteiger partial charge in [-0.1, -0.05) is 0 Å². The van der Waals surface area contributed by atoms with Crippen LogP contribution in [0, 0.1) is 0 Å². The van der Waals surface area contributed by atoms with Crippen LogP contribution in [0.25, 0.3) is 0 Å². The maximum atomic E-state index is 4.80. The van der Waals surface area contributed by atoms with Crippen molar-refractivity contribution in [2.24, 2.45) is 4.99 Å². The van der Waals surface area contributed by atoms with E-state index in [0.29, 0.717) is 18.6 Å². The number of hydrogen-bond acceptors (Lipinski definition) is 3. The van der Waals surface area contributed by atoms with Crippen LogP contribution < -0.4 is 10.6 Å². The lowest BCUT2D eigenvalue weighted by molar-refractivity contribution is 0.499. The van der Waals surface area contributed by atoms with Crippen LogP contribution in [-0.2, 0) is 32.4 Å². The molecule has 0 aromatic carbocycles. The molecule has 0 fully saturated rings. The largest absolute Gasteiger partial charge is 0.357 e. The van der Waals surface area contributed by atoms with Gasteiger partial charge < -0.3 is 15.2 Å². The first-order valence-electron chi connectivity index (χ1n) is 10.8. The Balaban J connectivity index is 0.00000240. The highest BCUT2D eigenvalue weighted by Gasteiger charge is 2.23. The first kappa shape index (κ1) is 22.1. The Bertz CT molecular complexity index is 813. The standard InChI is InChI=1S/C21H33N7.HI/c1-4-22-21(23-12-18-14-27-10-6-5-7-20(27)24-18)25-17-9-8-16-13-28(15(2)3)26-19(16)11-17;/h13-15,17H,4-12H2,1-3H3,(H2,22,23,25);1H. The smallest absolute Gasteiger partial charge is 0.191 e. The summed E-state index contributed by atoms with van der Waals surface area (Å²) in [6.45, 7) is 9.03. The molecule has 1 atom stereocenters. The Morgan fingerprint density at radius 2 is 2.14 bits per heavy atom. The molecule has 0 bridgehead atoms. The number of aromatic nitrogens is 4. The van der Waals surface area contributed by atoms with Crippen molar-refractivity contribution in [1.29, 1.82) is 0 Å². The van der Waals surface area contributed by atoms with E-state index < -0.39 is 0 Å². The fourth-order valence-electron chi connectivity index (χ4n) is 4.12. The van der Waals surface area contributed by atoms with E-state index in [1.54, 1.807) is 0 Å². The Kier molecular flexibility index (Phi) is 7.59. The summed E-state index contributed by atoms with van der Waals surface area (Å²) in [5.74, 6) is 2.10. The van der Waals surface area contributed by atoms with Gasteiger partial charge in [0.05, 0.1) is 17.9 Å². The maximum Gasteiger partial charge on any atom is 0.191 e. The highest BCUT2D eigenvalue weighted by atomic mass is 127. The second kappa shape index (κ2) is 9.95. The number of hydrogen-bond donors (Lipinski definition) is 2. The molecule has 0 amide bonds. The lowest BCUT2D eigenvalue weighted by Crippen LogP contribution is -2.45. The van der Waals surface area contributed by atoms with E-state index in [9.17, 15) is 0 Å². The van der Waals surface area contributed by atoms with E-state index in [0.717, 1.165) is 50.4 Å². The van der Waals surface area contributed by atoms with Crippen LogP contribution in [0.5, 0.6) is 0 Å². The number of imidazole rings is 1. The summed E-state index contributed by atoms with van der Waals surface area (Å²) in [4.78, 5) is 9.57. The average molecular weight is 511 g/mol. The monoisotopic (exact) mass is 511 g/mol. The molecule has 1 aliphatic heterocycles. The van der Waals surface area contributed by atoms with Gasteiger partial charge in [0, 0.05) is 50.4 Å². The molecule has 8 heteroatoms. The summed E-state index contributed by atoms with van der Waals surface area (Å²) in [5.41, 5.74) is 3.70. The molecule has 2 N–H and O–H groups in total. The van der Waals surface area contributed by atoms with E-state index in [4.69, 9.17) is 15.1 Å². The van der Waals surface area contributed by atoms with Crippen molar-refractivity contribution < 1.29 is 0 Å². The third-order valence-corrected chi connectivity index (χ3v) is 5.67. The second-order valence-electron chi connectivity index (χ2n) is 8.25. The van der Waals surface area contributed by atoms with Gasteiger partial charge in [0.2, 0.25) is 0 Å². The molecule has 7 nitrogen and oxygen atoms in total. The number of aryl methyl sites for hydroxylation is 3. The number of guanidine groups is 1. The summed E-state index contributed by atoms with van der Waals surface area (Å²) in [7, 11) is 0. The van der Waals surface area contributed by atoms with Crippen molar-refractivity contribution in [2.45, 2.75) is 84.5 Å². The predicted octanol–water partition coefficient (Wildman–Crippen LogP) is 3.23. The third-order valence-electron chi connectivity index (χ3n) is 5.67. The molecule has 3 heterocycles. The first-order valence-corrected chi connectivity index (χ1v) is 10.8. The van der Waals surface area contributed by atoms with Crippen LogP contribution in [0.2, 0.25) is 0 Å². The lowest BCUT2D eigenvalue weighted by Gasteiger charge is -2.24. The van der Waals surface area contributed by atoms with Crippen molar-refractivity contribution in [1.82, 2.24) is 30.0 Å². The number of rotatable bonds is 5.